The first-order valence-electron chi connectivity index (χ1n) is 5.98. The molecule has 0 fully saturated rings. The Balaban J connectivity index is 1.90. The van der Waals surface area contributed by atoms with Gasteiger partial charge in [-0.1, -0.05) is 12.1 Å². The quantitative estimate of drug-likeness (QED) is 0.919. The summed E-state index contributed by atoms with van der Waals surface area (Å²) >= 11 is 0. The van der Waals surface area contributed by atoms with E-state index >= 15 is 0 Å². The van der Waals surface area contributed by atoms with Gasteiger partial charge in [0.05, 0.1) is 18.7 Å². The maximum atomic E-state index is 13.0. The van der Waals surface area contributed by atoms with Crippen LogP contribution in [0.25, 0.3) is 0 Å². The second-order valence-electron chi connectivity index (χ2n) is 4.32. The van der Waals surface area contributed by atoms with Crippen LogP contribution in [0.15, 0.2) is 28.7 Å². The Hall–Kier alpha value is -2.17. The number of nitrogens with one attached hydrogen (secondary N) is 1. The average Bonchev–Trinajstić information content (AvgIpc) is 2.65. The molecule has 0 radical (unpaired) electrons. The Morgan fingerprint density at radius 1 is 1.42 bits per heavy atom. The van der Waals surface area contributed by atoms with E-state index in [1.807, 2.05) is 6.92 Å². The van der Waals surface area contributed by atoms with E-state index < -0.39 is 0 Å². The maximum absolute atomic E-state index is 13.0. The molecule has 0 atom stereocenters. The van der Waals surface area contributed by atoms with Gasteiger partial charge in [0.25, 0.3) is 0 Å². The molecule has 100 valence electrons. The number of halogens is 1. The van der Waals surface area contributed by atoms with Crippen molar-refractivity contribution in [3.05, 3.63) is 53.0 Å². The first-order chi connectivity index (χ1) is 9.04. The molecule has 4 nitrogen and oxygen atoms in total. The van der Waals surface area contributed by atoms with Crippen LogP contribution in [0.2, 0.25) is 0 Å². The lowest BCUT2D eigenvalue weighted by Gasteiger charge is -2.04. The number of benzene rings is 1. The van der Waals surface area contributed by atoms with Crippen molar-refractivity contribution in [2.75, 3.05) is 0 Å². The Bertz CT molecular complexity index is 593. The Morgan fingerprint density at radius 3 is 2.84 bits per heavy atom. The van der Waals surface area contributed by atoms with E-state index in [1.165, 1.54) is 12.1 Å². The number of hydrogen-bond donors (Lipinski definition) is 1. The number of carbonyl (C=O) groups excluding carboxylic acids is 1. The maximum Gasteiger partial charge on any atom is 0.224 e. The zero-order chi connectivity index (χ0) is 13.8. The number of amides is 1. The number of aromatic nitrogens is 1. The number of aryl methyl sites for hydroxylation is 2. The van der Waals surface area contributed by atoms with E-state index in [9.17, 15) is 9.18 Å². The fraction of sp³-hybridized carbons (Fsp3) is 0.286. The van der Waals surface area contributed by atoms with Crippen molar-refractivity contribution >= 4 is 5.91 Å². The molecule has 1 aromatic carbocycles. The van der Waals surface area contributed by atoms with Gasteiger partial charge in [0.1, 0.15) is 11.6 Å². The van der Waals surface area contributed by atoms with E-state index in [0.29, 0.717) is 23.8 Å². The lowest BCUT2D eigenvalue weighted by molar-refractivity contribution is -0.120. The minimum absolute atomic E-state index is 0.143. The number of rotatable bonds is 4. The molecule has 19 heavy (non-hydrogen) atoms. The molecule has 0 spiro atoms. The van der Waals surface area contributed by atoms with Crippen LogP contribution in [0.1, 0.15) is 22.9 Å². The van der Waals surface area contributed by atoms with Crippen LogP contribution in [-0.2, 0) is 17.8 Å². The van der Waals surface area contributed by atoms with E-state index in [2.05, 4.69) is 10.3 Å². The lowest BCUT2D eigenvalue weighted by atomic mass is 10.1. The van der Waals surface area contributed by atoms with Gasteiger partial charge in [0, 0.05) is 6.92 Å². The van der Waals surface area contributed by atoms with Crippen LogP contribution in [0.5, 0.6) is 0 Å². The molecular formula is C14H15FN2O2. The predicted octanol–water partition coefficient (Wildman–Crippen LogP) is 2.29. The highest BCUT2D eigenvalue weighted by molar-refractivity contribution is 5.78. The third-order valence-electron chi connectivity index (χ3n) is 2.70. The van der Waals surface area contributed by atoms with Gasteiger partial charge >= 0.3 is 0 Å². The number of oxazole rings is 1. The molecule has 0 aliphatic carbocycles. The molecule has 2 rings (SSSR count). The number of hydrogen-bond acceptors (Lipinski definition) is 3. The molecule has 1 N–H and O–H groups in total. The Morgan fingerprint density at radius 2 is 2.21 bits per heavy atom. The fourth-order valence-corrected chi connectivity index (χ4v) is 1.81. The highest BCUT2D eigenvalue weighted by atomic mass is 19.1. The highest BCUT2D eigenvalue weighted by Crippen LogP contribution is 2.09. The van der Waals surface area contributed by atoms with Crippen molar-refractivity contribution in [2.45, 2.75) is 26.8 Å². The summed E-state index contributed by atoms with van der Waals surface area (Å²) in [6.07, 6.45) is 0.143. The van der Waals surface area contributed by atoms with Crippen molar-refractivity contribution < 1.29 is 13.6 Å². The van der Waals surface area contributed by atoms with Crippen LogP contribution in [0.4, 0.5) is 4.39 Å². The van der Waals surface area contributed by atoms with Crippen molar-refractivity contribution in [3.8, 4) is 0 Å². The van der Waals surface area contributed by atoms with Gasteiger partial charge in [-0.25, -0.2) is 9.37 Å². The van der Waals surface area contributed by atoms with Gasteiger partial charge in [-0.2, -0.15) is 0 Å². The third-order valence-corrected chi connectivity index (χ3v) is 2.70. The first-order valence-corrected chi connectivity index (χ1v) is 5.98. The van der Waals surface area contributed by atoms with Gasteiger partial charge in [0.2, 0.25) is 5.91 Å². The van der Waals surface area contributed by atoms with Crippen LogP contribution in [0, 0.1) is 19.7 Å². The smallest absolute Gasteiger partial charge is 0.224 e. The van der Waals surface area contributed by atoms with E-state index in [1.54, 1.807) is 19.1 Å². The molecule has 0 saturated heterocycles. The molecule has 2 aromatic rings. The molecule has 1 heterocycles. The first kappa shape index (κ1) is 13.3. The van der Waals surface area contributed by atoms with Gasteiger partial charge < -0.3 is 9.73 Å². The Labute approximate surface area is 110 Å². The molecular weight excluding hydrogens is 247 g/mol. The molecule has 5 heteroatoms. The summed E-state index contributed by atoms with van der Waals surface area (Å²) in [6, 6.07) is 6.00. The standard InChI is InChI=1S/C14H15FN2O2/c1-9-13(19-10(2)17-9)8-16-14(18)7-11-4-3-5-12(15)6-11/h3-6H,7-8H2,1-2H3,(H,16,18). The third kappa shape index (κ3) is 3.64. The van der Waals surface area contributed by atoms with Gasteiger partial charge in [-0.3, -0.25) is 4.79 Å². The second kappa shape index (κ2) is 5.65. The predicted molar refractivity (Wildman–Crippen MR) is 67.9 cm³/mol. The minimum atomic E-state index is -0.341. The summed E-state index contributed by atoms with van der Waals surface area (Å²) in [5.41, 5.74) is 1.41. The summed E-state index contributed by atoms with van der Waals surface area (Å²) in [7, 11) is 0. The van der Waals surface area contributed by atoms with Crippen molar-refractivity contribution in [1.82, 2.24) is 10.3 Å². The van der Waals surface area contributed by atoms with Gasteiger partial charge in [-0.15, -0.1) is 0 Å². The summed E-state index contributed by atoms with van der Waals surface area (Å²) in [6.45, 7) is 3.87. The van der Waals surface area contributed by atoms with Gasteiger partial charge in [0.15, 0.2) is 5.89 Å². The minimum Gasteiger partial charge on any atom is -0.444 e. The second-order valence-corrected chi connectivity index (χ2v) is 4.32. The van der Waals surface area contributed by atoms with E-state index in [4.69, 9.17) is 4.42 Å². The largest absolute Gasteiger partial charge is 0.444 e. The molecule has 0 saturated carbocycles. The zero-order valence-corrected chi connectivity index (χ0v) is 10.9. The molecule has 0 unspecified atom stereocenters. The molecule has 0 aliphatic heterocycles. The normalized spacial score (nSPS) is 10.5. The topological polar surface area (TPSA) is 55.1 Å². The summed E-state index contributed by atoms with van der Waals surface area (Å²) in [4.78, 5) is 15.8. The van der Waals surface area contributed by atoms with Crippen molar-refractivity contribution in [3.63, 3.8) is 0 Å². The van der Waals surface area contributed by atoms with E-state index in [0.717, 1.165) is 5.69 Å². The van der Waals surface area contributed by atoms with Crippen molar-refractivity contribution in [1.29, 1.82) is 0 Å². The monoisotopic (exact) mass is 262 g/mol. The number of carbonyl (C=O) groups is 1. The average molecular weight is 262 g/mol. The Kier molecular flexibility index (Phi) is 3.94. The van der Waals surface area contributed by atoms with Crippen LogP contribution in [-0.4, -0.2) is 10.9 Å². The van der Waals surface area contributed by atoms with Crippen LogP contribution < -0.4 is 5.32 Å². The van der Waals surface area contributed by atoms with Crippen molar-refractivity contribution in [2.24, 2.45) is 0 Å². The van der Waals surface area contributed by atoms with Crippen LogP contribution >= 0.6 is 0 Å². The summed E-state index contributed by atoms with van der Waals surface area (Å²) in [5.74, 6) is 0.697. The molecule has 0 aliphatic rings. The van der Waals surface area contributed by atoms with Crippen LogP contribution in [0.3, 0.4) is 0 Å². The summed E-state index contributed by atoms with van der Waals surface area (Å²) < 4.78 is 18.3. The highest BCUT2D eigenvalue weighted by Gasteiger charge is 2.09. The fourth-order valence-electron chi connectivity index (χ4n) is 1.81. The zero-order valence-electron chi connectivity index (χ0n) is 10.9. The lowest BCUT2D eigenvalue weighted by Crippen LogP contribution is -2.24. The van der Waals surface area contributed by atoms with Gasteiger partial charge in [-0.05, 0) is 24.6 Å². The molecule has 0 bridgehead atoms. The van der Waals surface area contributed by atoms with E-state index in [-0.39, 0.29) is 18.1 Å². The number of nitrogens with zero attached hydrogens (tertiary/aromatic N) is 1. The molecule has 1 aromatic heterocycles. The molecule has 1 amide bonds. The SMILES string of the molecule is Cc1nc(C)c(CNC(=O)Cc2cccc(F)c2)o1. The summed E-state index contributed by atoms with van der Waals surface area (Å²) in [5, 5.41) is 2.73.